The maximum absolute atomic E-state index is 13.1. The van der Waals surface area contributed by atoms with E-state index in [2.05, 4.69) is 0 Å². The number of rotatable bonds is 8. The van der Waals surface area contributed by atoms with Gasteiger partial charge in [-0.05, 0) is 50.5 Å². The lowest BCUT2D eigenvalue weighted by Crippen LogP contribution is -2.33. The highest BCUT2D eigenvalue weighted by molar-refractivity contribution is 6.05. The van der Waals surface area contributed by atoms with Crippen LogP contribution in [0.4, 0.5) is 0 Å². The van der Waals surface area contributed by atoms with Crippen molar-refractivity contribution in [1.29, 1.82) is 0 Å². The van der Waals surface area contributed by atoms with Crippen LogP contribution in [0.1, 0.15) is 51.5 Å². The molecule has 5 heteroatoms. The van der Waals surface area contributed by atoms with Gasteiger partial charge in [0.25, 0.3) is 0 Å². The second-order valence-corrected chi connectivity index (χ2v) is 8.04. The molecule has 2 amide bonds. The average Bonchev–Trinajstić information content (AvgIpc) is 3.11. The molecule has 0 radical (unpaired) electrons. The summed E-state index contributed by atoms with van der Waals surface area (Å²) in [6, 6.07) is 9.52. The second kappa shape index (κ2) is 8.15. The summed E-state index contributed by atoms with van der Waals surface area (Å²) in [5, 5.41) is 0. The summed E-state index contributed by atoms with van der Waals surface area (Å²) in [6.45, 7) is 3.41. The van der Waals surface area contributed by atoms with E-state index in [4.69, 9.17) is 0 Å². The average molecular weight is 369 g/mol. The lowest BCUT2D eigenvalue weighted by Gasteiger charge is -2.21. The number of nitrogens with zero attached hydrogens (tertiary/aromatic N) is 1. The lowest BCUT2D eigenvalue weighted by molar-refractivity contribution is -0.142. The molecule has 0 bridgehead atoms. The van der Waals surface area contributed by atoms with Crippen LogP contribution in [0.5, 0.6) is 0 Å². The number of carbonyl (C=O) groups is 4. The van der Waals surface area contributed by atoms with Gasteiger partial charge in [-0.1, -0.05) is 30.3 Å². The van der Waals surface area contributed by atoms with Gasteiger partial charge < -0.3 is 9.59 Å². The molecule has 144 valence electrons. The zero-order valence-electron chi connectivity index (χ0n) is 16.0. The molecule has 1 heterocycles. The van der Waals surface area contributed by atoms with Crippen LogP contribution in [0, 0.1) is 23.7 Å². The first-order valence-corrected chi connectivity index (χ1v) is 9.76. The van der Waals surface area contributed by atoms with E-state index in [0.29, 0.717) is 32.2 Å². The molecular weight excluding hydrogens is 342 g/mol. The van der Waals surface area contributed by atoms with Gasteiger partial charge in [-0.2, -0.15) is 0 Å². The van der Waals surface area contributed by atoms with Gasteiger partial charge >= 0.3 is 0 Å². The fraction of sp³-hybridized carbons (Fsp3) is 0.545. The monoisotopic (exact) mass is 369 g/mol. The number of Topliss-reactive ketones (excluding diaryl/α,β-unsaturated/α-hetero) is 2. The standard InChI is InChI=1S/C22H27NO4/c1-14(24)8-10-17-12-18(11-9-15(2)25)20-19(17)21(26)23(22(20)27)13-16-6-4-3-5-7-16/h3-7,17-20H,8-13H2,1-2H3/t17-,18+,19-,20+. The Morgan fingerprint density at radius 1 is 0.889 bits per heavy atom. The summed E-state index contributed by atoms with van der Waals surface area (Å²) in [5.41, 5.74) is 0.930. The van der Waals surface area contributed by atoms with Crippen molar-refractivity contribution in [2.24, 2.45) is 23.7 Å². The molecule has 3 rings (SSSR count). The van der Waals surface area contributed by atoms with Gasteiger partial charge in [-0.15, -0.1) is 0 Å². The van der Waals surface area contributed by atoms with E-state index in [0.717, 1.165) is 12.0 Å². The zero-order chi connectivity index (χ0) is 19.6. The highest BCUT2D eigenvalue weighted by atomic mass is 16.2. The first-order chi connectivity index (χ1) is 12.9. The number of ketones is 2. The summed E-state index contributed by atoms with van der Waals surface area (Å²) < 4.78 is 0. The third-order valence-corrected chi connectivity index (χ3v) is 6.03. The predicted molar refractivity (Wildman–Crippen MR) is 100 cm³/mol. The molecule has 27 heavy (non-hydrogen) atoms. The Kier molecular flexibility index (Phi) is 5.88. The van der Waals surface area contributed by atoms with Gasteiger partial charge in [0, 0.05) is 12.8 Å². The Hall–Kier alpha value is -2.30. The first kappa shape index (κ1) is 19.5. The fourth-order valence-electron chi connectivity index (χ4n) is 4.74. The molecule has 2 fully saturated rings. The minimum atomic E-state index is -0.336. The molecule has 1 aliphatic heterocycles. The van der Waals surface area contributed by atoms with Crippen molar-refractivity contribution in [3.63, 3.8) is 0 Å². The van der Waals surface area contributed by atoms with Crippen molar-refractivity contribution in [3.8, 4) is 0 Å². The minimum Gasteiger partial charge on any atom is -0.300 e. The minimum absolute atomic E-state index is 0.0491. The van der Waals surface area contributed by atoms with Crippen LogP contribution < -0.4 is 0 Å². The van der Waals surface area contributed by atoms with Crippen LogP contribution in [0.15, 0.2) is 30.3 Å². The topological polar surface area (TPSA) is 71.5 Å². The maximum atomic E-state index is 13.1. The molecule has 1 aromatic rings. The largest absolute Gasteiger partial charge is 0.300 e. The van der Waals surface area contributed by atoms with Gasteiger partial charge in [-0.25, -0.2) is 0 Å². The molecule has 1 saturated carbocycles. The Morgan fingerprint density at radius 2 is 1.37 bits per heavy atom. The van der Waals surface area contributed by atoms with E-state index in [1.165, 1.54) is 4.90 Å². The number of fused-ring (bicyclic) bond motifs is 1. The van der Waals surface area contributed by atoms with Crippen molar-refractivity contribution in [2.75, 3.05) is 0 Å². The van der Waals surface area contributed by atoms with Gasteiger partial charge in [0.1, 0.15) is 11.6 Å². The maximum Gasteiger partial charge on any atom is 0.233 e. The quantitative estimate of drug-likeness (QED) is 0.660. The van der Waals surface area contributed by atoms with Gasteiger partial charge in [0.2, 0.25) is 11.8 Å². The first-order valence-electron chi connectivity index (χ1n) is 9.76. The smallest absolute Gasteiger partial charge is 0.233 e. The third-order valence-electron chi connectivity index (χ3n) is 6.03. The predicted octanol–water partition coefficient (Wildman–Crippen LogP) is 3.16. The van der Waals surface area contributed by atoms with Crippen LogP contribution in [0.2, 0.25) is 0 Å². The summed E-state index contributed by atoms with van der Waals surface area (Å²) in [6.07, 6.45) is 2.92. The summed E-state index contributed by atoms with van der Waals surface area (Å²) in [7, 11) is 0. The third kappa shape index (κ3) is 4.18. The summed E-state index contributed by atoms with van der Waals surface area (Å²) >= 11 is 0. The Morgan fingerprint density at radius 3 is 1.81 bits per heavy atom. The van der Waals surface area contributed by atoms with Crippen molar-refractivity contribution in [2.45, 2.75) is 52.5 Å². The number of likely N-dealkylation sites (tertiary alicyclic amines) is 1. The number of imide groups is 1. The van der Waals surface area contributed by atoms with Crippen LogP contribution in [-0.2, 0) is 25.7 Å². The Balaban J connectivity index is 1.80. The molecular formula is C22H27NO4. The van der Waals surface area contributed by atoms with E-state index in [1.807, 2.05) is 30.3 Å². The van der Waals surface area contributed by atoms with E-state index < -0.39 is 0 Å². The van der Waals surface area contributed by atoms with E-state index >= 15 is 0 Å². The SMILES string of the molecule is CC(=O)CC[C@@H]1C[C@H](CCC(C)=O)[C@@H]2C(=O)N(Cc3ccccc3)C(=O)[C@H]12. The van der Waals surface area contributed by atoms with E-state index in [9.17, 15) is 19.2 Å². The van der Waals surface area contributed by atoms with Crippen molar-refractivity contribution in [3.05, 3.63) is 35.9 Å². The molecule has 1 saturated heterocycles. The van der Waals surface area contributed by atoms with Crippen LogP contribution >= 0.6 is 0 Å². The zero-order valence-corrected chi connectivity index (χ0v) is 16.0. The van der Waals surface area contributed by atoms with Gasteiger partial charge in [-0.3, -0.25) is 14.5 Å². The van der Waals surface area contributed by atoms with Gasteiger partial charge in [0.05, 0.1) is 18.4 Å². The van der Waals surface area contributed by atoms with Crippen molar-refractivity contribution in [1.82, 2.24) is 4.90 Å². The molecule has 1 aliphatic carbocycles. The number of amides is 2. The summed E-state index contributed by atoms with van der Waals surface area (Å²) in [5.74, 6) is -0.565. The normalized spacial score (nSPS) is 27.1. The molecule has 0 spiro atoms. The molecule has 2 aliphatic rings. The Bertz CT molecular complexity index is 700. The van der Waals surface area contributed by atoms with Gasteiger partial charge in [0.15, 0.2) is 0 Å². The Labute approximate surface area is 160 Å². The second-order valence-electron chi connectivity index (χ2n) is 8.04. The number of hydrogen-bond donors (Lipinski definition) is 0. The van der Waals surface area contributed by atoms with E-state index in [1.54, 1.807) is 13.8 Å². The lowest BCUT2D eigenvalue weighted by atomic mass is 9.86. The molecule has 0 N–H and O–H groups in total. The number of benzene rings is 1. The van der Waals surface area contributed by atoms with Crippen LogP contribution in [0.3, 0.4) is 0 Å². The number of hydrogen-bond acceptors (Lipinski definition) is 4. The van der Waals surface area contributed by atoms with E-state index in [-0.39, 0.29) is 47.1 Å². The van der Waals surface area contributed by atoms with Crippen molar-refractivity contribution < 1.29 is 19.2 Å². The van der Waals surface area contributed by atoms with Crippen molar-refractivity contribution >= 4 is 23.4 Å². The highest BCUT2D eigenvalue weighted by Gasteiger charge is 2.57. The van der Waals surface area contributed by atoms with Crippen LogP contribution in [0.25, 0.3) is 0 Å². The molecule has 4 atom stereocenters. The van der Waals surface area contributed by atoms with Crippen LogP contribution in [-0.4, -0.2) is 28.3 Å². The molecule has 1 aromatic carbocycles. The molecule has 5 nitrogen and oxygen atoms in total. The summed E-state index contributed by atoms with van der Waals surface area (Å²) in [4.78, 5) is 50.4. The highest BCUT2D eigenvalue weighted by Crippen LogP contribution is 2.51. The molecule has 0 aromatic heterocycles. The molecule has 0 unspecified atom stereocenters. The fourth-order valence-corrected chi connectivity index (χ4v) is 4.74. The number of carbonyl (C=O) groups excluding carboxylic acids is 4.